The van der Waals surface area contributed by atoms with Gasteiger partial charge in [0.1, 0.15) is 5.75 Å². The van der Waals surface area contributed by atoms with Gasteiger partial charge in [-0.3, -0.25) is 0 Å². The molecule has 0 radical (unpaired) electrons. The van der Waals surface area contributed by atoms with Crippen LogP contribution >= 0.6 is 0 Å². The fraction of sp³-hybridized carbons (Fsp3) is 0.133. The van der Waals surface area contributed by atoms with E-state index in [0.717, 1.165) is 5.56 Å². The number of hydrogen-bond donors (Lipinski definition) is 0. The predicted molar refractivity (Wildman–Crippen MR) is 78.4 cm³/mol. The van der Waals surface area contributed by atoms with Crippen molar-refractivity contribution in [2.75, 3.05) is 6.61 Å². The standard InChI is InChI=1S/C15H11F3O5S/c16-15(17,18)24(20,21)23-14(19)10-22-13-9-5-4-8-12(13)11-6-2-1-3-7-11/h1-9H,10H2. The number of benzene rings is 2. The maximum absolute atomic E-state index is 12.1. The fourth-order valence-electron chi connectivity index (χ4n) is 1.78. The summed E-state index contributed by atoms with van der Waals surface area (Å²) in [6, 6.07) is 15.4. The number of rotatable bonds is 5. The highest BCUT2D eigenvalue weighted by Crippen LogP contribution is 2.30. The molecule has 0 aliphatic rings. The van der Waals surface area contributed by atoms with Gasteiger partial charge in [-0.1, -0.05) is 48.5 Å². The van der Waals surface area contributed by atoms with Gasteiger partial charge in [0.2, 0.25) is 0 Å². The van der Waals surface area contributed by atoms with E-state index in [0.29, 0.717) is 5.56 Å². The van der Waals surface area contributed by atoms with Crippen LogP contribution in [0.1, 0.15) is 0 Å². The molecule has 5 nitrogen and oxygen atoms in total. The van der Waals surface area contributed by atoms with Crippen LogP contribution < -0.4 is 4.74 Å². The van der Waals surface area contributed by atoms with Crippen molar-refractivity contribution in [1.29, 1.82) is 0 Å². The van der Waals surface area contributed by atoms with Crippen LogP contribution in [-0.2, 0) is 19.1 Å². The summed E-state index contributed by atoms with van der Waals surface area (Å²) in [5, 5.41) is 0. The van der Waals surface area contributed by atoms with E-state index < -0.39 is 28.2 Å². The molecule has 0 aliphatic carbocycles. The molecule has 24 heavy (non-hydrogen) atoms. The Labute approximate surface area is 135 Å². The molecule has 0 amide bonds. The Balaban J connectivity index is 2.10. The van der Waals surface area contributed by atoms with Crippen molar-refractivity contribution in [1.82, 2.24) is 0 Å². The Morgan fingerprint density at radius 1 is 0.958 bits per heavy atom. The molecule has 0 aromatic heterocycles. The SMILES string of the molecule is O=C(COc1ccccc1-c1ccccc1)OS(=O)(=O)C(F)(F)F. The molecule has 0 bridgehead atoms. The summed E-state index contributed by atoms with van der Waals surface area (Å²) in [5.74, 6) is -1.47. The molecular formula is C15H11F3O5S. The fourth-order valence-corrected chi connectivity index (χ4v) is 2.17. The molecule has 0 fully saturated rings. The third-order valence-electron chi connectivity index (χ3n) is 2.80. The highest BCUT2D eigenvalue weighted by atomic mass is 32.2. The third-order valence-corrected chi connectivity index (χ3v) is 3.78. The van der Waals surface area contributed by atoms with Gasteiger partial charge >= 0.3 is 21.6 Å². The molecular weight excluding hydrogens is 349 g/mol. The molecule has 0 spiro atoms. The number of alkyl halides is 3. The lowest BCUT2D eigenvalue weighted by Gasteiger charge is -2.12. The Morgan fingerprint density at radius 3 is 2.17 bits per heavy atom. The van der Waals surface area contributed by atoms with Crippen molar-refractivity contribution in [2.45, 2.75) is 5.51 Å². The van der Waals surface area contributed by atoms with Crippen molar-refractivity contribution in [3.8, 4) is 16.9 Å². The lowest BCUT2D eigenvalue weighted by molar-refractivity contribution is -0.138. The molecule has 9 heteroatoms. The Kier molecular flexibility index (Phi) is 5.13. The molecule has 0 atom stereocenters. The van der Waals surface area contributed by atoms with Crippen LogP contribution in [0.15, 0.2) is 54.6 Å². The van der Waals surface area contributed by atoms with E-state index in [1.54, 1.807) is 48.5 Å². The third kappa shape index (κ3) is 4.25. The Bertz CT molecular complexity index is 817. The van der Waals surface area contributed by atoms with Gasteiger partial charge < -0.3 is 8.92 Å². The van der Waals surface area contributed by atoms with E-state index in [2.05, 4.69) is 4.18 Å². The zero-order valence-corrected chi connectivity index (χ0v) is 12.8. The quantitative estimate of drug-likeness (QED) is 0.605. The van der Waals surface area contributed by atoms with Crippen LogP contribution in [0, 0.1) is 0 Å². The number of para-hydroxylation sites is 1. The number of hydrogen-bond acceptors (Lipinski definition) is 5. The first kappa shape index (κ1) is 17.8. The van der Waals surface area contributed by atoms with Crippen molar-refractivity contribution in [3.63, 3.8) is 0 Å². The van der Waals surface area contributed by atoms with Gasteiger partial charge in [-0.2, -0.15) is 21.6 Å². The van der Waals surface area contributed by atoms with Crippen molar-refractivity contribution in [2.24, 2.45) is 0 Å². The van der Waals surface area contributed by atoms with Gasteiger partial charge in [-0.15, -0.1) is 0 Å². The second kappa shape index (κ2) is 6.91. The highest BCUT2D eigenvalue weighted by molar-refractivity contribution is 7.88. The second-order valence-electron chi connectivity index (χ2n) is 4.51. The summed E-state index contributed by atoms with van der Waals surface area (Å²) in [6.45, 7) is -0.987. The van der Waals surface area contributed by atoms with E-state index in [-0.39, 0.29) is 5.75 Å². The minimum Gasteiger partial charge on any atom is -0.481 e. The smallest absolute Gasteiger partial charge is 0.481 e. The Hall–Kier alpha value is -2.55. The van der Waals surface area contributed by atoms with E-state index in [1.165, 1.54) is 6.07 Å². The first-order valence-electron chi connectivity index (χ1n) is 6.51. The molecule has 128 valence electrons. The molecule has 2 aromatic carbocycles. The molecule has 2 rings (SSSR count). The van der Waals surface area contributed by atoms with E-state index >= 15 is 0 Å². The van der Waals surface area contributed by atoms with Crippen molar-refractivity contribution in [3.05, 3.63) is 54.6 Å². The van der Waals surface area contributed by atoms with Gasteiger partial charge in [-0.05, 0) is 11.6 Å². The maximum atomic E-state index is 12.1. The van der Waals surface area contributed by atoms with Gasteiger partial charge in [0, 0.05) is 5.56 Å². The van der Waals surface area contributed by atoms with Gasteiger partial charge in [0.15, 0.2) is 6.61 Å². The average molecular weight is 360 g/mol. The number of carbonyl (C=O) groups excluding carboxylic acids is 1. The largest absolute Gasteiger partial charge is 0.534 e. The van der Waals surface area contributed by atoms with Crippen LogP contribution in [-0.4, -0.2) is 26.5 Å². The molecule has 0 aliphatic heterocycles. The number of carbonyl (C=O) groups is 1. The highest BCUT2D eigenvalue weighted by Gasteiger charge is 2.49. The summed E-state index contributed by atoms with van der Waals surface area (Å²) in [5.41, 5.74) is -4.33. The van der Waals surface area contributed by atoms with Crippen LogP contribution in [0.4, 0.5) is 13.2 Å². The summed E-state index contributed by atoms with van der Waals surface area (Å²) < 4.78 is 66.4. The summed E-state index contributed by atoms with van der Waals surface area (Å²) >= 11 is 0. The minimum absolute atomic E-state index is 0.199. The molecule has 0 N–H and O–H groups in total. The summed E-state index contributed by atoms with van der Waals surface area (Å²) in [7, 11) is -5.99. The first-order chi connectivity index (χ1) is 11.2. The predicted octanol–water partition coefficient (Wildman–Crippen LogP) is 3.13. The van der Waals surface area contributed by atoms with E-state index in [1.807, 2.05) is 0 Å². The number of ether oxygens (including phenoxy) is 1. The minimum atomic E-state index is -5.99. The Morgan fingerprint density at radius 2 is 1.54 bits per heavy atom. The summed E-state index contributed by atoms with van der Waals surface area (Å²) in [4.78, 5) is 11.3. The zero-order chi connectivity index (χ0) is 17.8. The second-order valence-corrected chi connectivity index (χ2v) is 6.04. The van der Waals surface area contributed by atoms with Crippen molar-refractivity contribution < 1.29 is 35.3 Å². The molecule has 0 saturated heterocycles. The molecule has 0 unspecified atom stereocenters. The van der Waals surface area contributed by atoms with Crippen LogP contribution in [0.25, 0.3) is 11.1 Å². The van der Waals surface area contributed by atoms with Crippen molar-refractivity contribution >= 4 is 16.1 Å². The molecule has 0 heterocycles. The normalized spacial score (nSPS) is 11.8. The van der Waals surface area contributed by atoms with Gasteiger partial charge in [-0.25, -0.2) is 4.79 Å². The molecule has 0 saturated carbocycles. The monoisotopic (exact) mass is 360 g/mol. The maximum Gasteiger partial charge on any atom is 0.534 e. The topological polar surface area (TPSA) is 69.7 Å². The molecule has 2 aromatic rings. The number of halogens is 3. The van der Waals surface area contributed by atoms with Crippen LogP contribution in [0.2, 0.25) is 0 Å². The van der Waals surface area contributed by atoms with Crippen LogP contribution in [0.5, 0.6) is 5.75 Å². The lowest BCUT2D eigenvalue weighted by atomic mass is 10.1. The van der Waals surface area contributed by atoms with E-state index in [9.17, 15) is 26.4 Å². The van der Waals surface area contributed by atoms with Crippen LogP contribution in [0.3, 0.4) is 0 Å². The summed E-state index contributed by atoms with van der Waals surface area (Å²) in [6.07, 6.45) is 0. The first-order valence-corrected chi connectivity index (χ1v) is 7.92. The van der Waals surface area contributed by atoms with Gasteiger partial charge in [0.25, 0.3) is 0 Å². The average Bonchev–Trinajstić information content (AvgIpc) is 2.52. The van der Waals surface area contributed by atoms with E-state index in [4.69, 9.17) is 4.74 Å². The lowest BCUT2D eigenvalue weighted by Crippen LogP contribution is -2.30. The zero-order valence-electron chi connectivity index (χ0n) is 12.0. The van der Waals surface area contributed by atoms with Gasteiger partial charge in [0.05, 0.1) is 0 Å².